The molecule has 0 aromatic rings. The van der Waals surface area contributed by atoms with Gasteiger partial charge in [0.2, 0.25) is 5.60 Å². The molecule has 1 fully saturated rings. The van der Waals surface area contributed by atoms with Gasteiger partial charge in [0.25, 0.3) is 0 Å². The minimum Gasteiger partial charge on any atom is -0.467 e. The standard InChI is InChI=1S/C16H24O10/c1-6-7-15(25-5)11(18)12(19)16(26-15,14(21)24-4)9(13(20)23-3)8-10(17)22-2/h8,11-12,18-19H,6-7H2,1-5H3/t11-,12-,15+,16+/m1/s1. The van der Waals surface area contributed by atoms with Gasteiger partial charge < -0.3 is 33.9 Å². The van der Waals surface area contributed by atoms with Crippen molar-refractivity contribution >= 4 is 17.9 Å². The summed E-state index contributed by atoms with van der Waals surface area (Å²) in [6, 6.07) is 0. The largest absolute Gasteiger partial charge is 0.467 e. The van der Waals surface area contributed by atoms with E-state index in [0.29, 0.717) is 12.5 Å². The minimum absolute atomic E-state index is 0.0765. The zero-order valence-corrected chi connectivity index (χ0v) is 15.3. The van der Waals surface area contributed by atoms with Crippen LogP contribution in [0.2, 0.25) is 0 Å². The van der Waals surface area contributed by atoms with Crippen LogP contribution >= 0.6 is 0 Å². The average molecular weight is 376 g/mol. The summed E-state index contributed by atoms with van der Waals surface area (Å²) in [6.07, 6.45) is -2.55. The Morgan fingerprint density at radius 2 is 1.65 bits per heavy atom. The van der Waals surface area contributed by atoms with E-state index in [-0.39, 0.29) is 6.42 Å². The summed E-state index contributed by atoms with van der Waals surface area (Å²) in [7, 11) is 4.26. The lowest BCUT2D eigenvalue weighted by molar-refractivity contribution is -0.262. The SMILES string of the molecule is CCC[C@]1(OC)O[C@@](C(=O)OC)(C(=CC(=O)OC)C(=O)OC)[C@H](O)[C@H]1O. The van der Waals surface area contributed by atoms with E-state index in [1.807, 2.05) is 0 Å². The molecule has 0 aromatic carbocycles. The van der Waals surface area contributed by atoms with Crippen LogP contribution in [0.4, 0.5) is 0 Å². The summed E-state index contributed by atoms with van der Waals surface area (Å²) < 4.78 is 24.6. The van der Waals surface area contributed by atoms with Crippen LogP contribution in [0, 0.1) is 0 Å². The van der Waals surface area contributed by atoms with Crippen LogP contribution in [-0.4, -0.2) is 80.2 Å². The summed E-state index contributed by atoms with van der Waals surface area (Å²) in [5, 5.41) is 21.2. The van der Waals surface area contributed by atoms with Crippen molar-refractivity contribution in [3.8, 4) is 0 Å². The number of aliphatic hydroxyl groups excluding tert-OH is 2. The Morgan fingerprint density at radius 3 is 2.08 bits per heavy atom. The van der Waals surface area contributed by atoms with E-state index < -0.39 is 47.1 Å². The lowest BCUT2D eigenvalue weighted by Crippen LogP contribution is -2.54. The molecule has 0 radical (unpaired) electrons. The van der Waals surface area contributed by atoms with Crippen molar-refractivity contribution in [3.05, 3.63) is 11.6 Å². The van der Waals surface area contributed by atoms with Crippen molar-refractivity contribution in [1.29, 1.82) is 0 Å². The number of hydrogen-bond acceptors (Lipinski definition) is 10. The lowest BCUT2D eigenvalue weighted by atomic mass is 9.85. The second kappa shape index (κ2) is 8.58. The number of esters is 3. The predicted octanol–water partition coefficient (Wildman–Crippen LogP) is -0.935. The van der Waals surface area contributed by atoms with Crippen molar-refractivity contribution in [1.82, 2.24) is 0 Å². The summed E-state index contributed by atoms with van der Waals surface area (Å²) in [5.41, 5.74) is -3.25. The first-order valence-corrected chi connectivity index (χ1v) is 7.79. The third kappa shape index (κ3) is 3.45. The van der Waals surface area contributed by atoms with Crippen molar-refractivity contribution in [3.63, 3.8) is 0 Å². The second-order valence-corrected chi connectivity index (χ2v) is 5.56. The Balaban J connectivity index is 3.70. The van der Waals surface area contributed by atoms with Gasteiger partial charge in [0.15, 0.2) is 5.79 Å². The molecule has 1 saturated heterocycles. The minimum atomic E-state index is -2.55. The van der Waals surface area contributed by atoms with Crippen molar-refractivity contribution < 1.29 is 48.3 Å². The molecule has 4 atom stereocenters. The fraction of sp³-hybridized carbons (Fsp3) is 0.688. The van der Waals surface area contributed by atoms with Crippen molar-refractivity contribution in [2.75, 3.05) is 28.4 Å². The van der Waals surface area contributed by atoms with Crippen LogP contribution in [0.1, 0.15) is 19.8 Å². The van der Waals surface area contributed by atoms with Gasteiger partial charge in [0.05, 0.1) is 26.9 Å². The summed E-state index contributed by atoms with van der Waals surface area (Å²) in [5.74, 6) is -5.20. The maximum Gasteiger partial charge on any atom is 0.346 e. The normalized spacial score (nSPS) is 31.4. The molecule has 10 heteroatoms. The third-order valence-corrected chi connectivity index (χ3v) is 4.20. The van der Waals surface area contributed by atoms with Crippen molar-refractivity contribution in [2.24, 2.45) is 0 Å². The second-order valence-electron chi connectivity index (χ2n) is 5.56. The molecule has 1 heterocycles. The van der Waals surface area contributed by atoms with Crippen LogP contribution in [0.5, 0.6) is 0 Å². The van der Waals surface area contributed by atoms with Gasteiger partial charge in [-0.05, 0) is 0 Å². The van der Waals surface area contributed by atoms with E-state index in [0.717, 1.165) is 21.3 Å². The molecular weight excluding hydrogens is 352 g/mol. The van der Waals surface area contributed by atoms with Crippen LogP contribution in [0.25, 0.3) is 0 Å². The fourth-order valence-corrected chi connectivity index (χ4v) is 2.91. The third-order valence-electron chi connectivity index (χ3n) is 4.20. The highest BCUT2D eigenvalue weighted by atomic mass is 16.7. The zero-order chi connectivity index (χ0) is 20.1. The molecule has 1 rings (SSSR count). The van der Waals surface area contributed by atoms with Crippen LogP contribution in [0.3, 0.4) is 0 Å². The molecule has 0 aliphatic carbocycles. The highest BCUT2D eigenvalue weighted by molar-refractivity contribution is 6.05. The van der Waals surface area contributed by atoms with Gasteiger partial charge in [-0.15, -0.1) is 0 Å². The number of carbonyl (C=O) groups is 3. The fourth-order valence-electron chi connectivity index (χ4n) is 2.91. The Kier molecular flexibility index (Phi) is 7.27. The molecule has 0 bridgehead atoms. The molecular formula is C16H24O10. The van der Waals surface area contributed by atoms with E-state index in [1.54, 1.807) is 6.92 Å². The predicted molar refractivity (Wildman–Crippen MR) is 84.6 cm³/mol. The number of methoxy groups -OCH3 is 4. The van der Waals surface area contributed by atoms with Crippen LogP contribution < -0.4 is 0 Å². The molecule has 2 N–H and O–H groups in total. The molecule has 10 nitrogen and oxygen atoms in total. The summed E-state index contributed by atoms with van der Waals surface area (Å²) >= 11 is 0. The number of carbonyl (C=O) groups excluding carboxylic acids is 3. The summed E-state index contributed by atoms with van der Waals surface area (Å²) in [4.78, 5) is 36.5. The van der Waals surface area contributed by atoms with Gasteiger partial charge in [-0.2, -0.15) is 0 Å². The Bertz CT molecular complexity index is 586. The molecule has 0 unspecified atom stereocenters. The van der Waals surface area contributed by atoms with Gasteiger partial charge in [0, 0.05) is 19.6 Å². The Labute approximate surface area is 150 Å². The topological polar surface area (TPSA) is 138 Å². The van der Waals surface area contributed by atoms with Gasteiger partial charge in [-0.25, -0.2) is 14.4 Å². The van der Waals surface area contributed by atoms with Gasteiger partial charge in [0.1, 0.15) is 12.2 Å². The maximum absolute atomic E-state index is 12.6. The molecule has 148 valence electrons. The highest BCUT2D eigenvalue weighted by Crippen LogP contribution is 2.46. The van der Waals surface area contributed by atoms with Crippen LogP contribution in [-0.2, 0) is 38.1 Å². The zero-order valence-electron chi connectivity index (χ0n) is 15.3. The molecule has 26 heavy (non-hydrogen) atoms. The van der Waals surface area contributed by atoms with E-state index in [9.17, 15) is 24.6 Å². The summed E-state index contributed by atoms with van der Waals surface area (Å²) in [6.45, 7) is 1.76. The van der Waals surface area contributed by atoms with E-state index >= 15 is 0 Å². The molecule has 1 aliphatic heterocycles. The first kappa shape index (κ1) is 22.0. The number of ether oxygens (including phenoxy) is 5. The molecule has 0 saturated carbocycles. The Hall–Kier alpha value is -2.01. The first-order chi connectivity index (χ1) is 12.2. The van der Waals surface area contributed by atoms with Gasteiger partial charge in [-0.3, -0.25) is 0 Å². The number of hydrogen-bond donors (Lipinski definition) is 2. The van der Waals surface area contributed by atoms with Gasteiger partial charge in [-0.1, -0.05) is 13.3 Å². The van der Waals surface area contributed by atoms with Gasteiger partial charge >= 0.3 is 17.9 Å². The number of aliphatic hydroxyl groups is 2. The maximum atomic E-state index is 12.6. The van der Waals surface area contributed by atoms with E-state index in [2.05, 4.69) is 14.2 Å². The van der Waals surface area contributed by atoms with E-state index in [1.165, 1.54) is 7.11 Å². The van der Waals surface area contributed by atoms with Crippen molar-refractivity contribution in [2.45, 2.75) is 43.4 Å². The monoisotopic (exact) mass is 376 g/mol. The molecule has 0 aromatic heterocycles. The molecule has 0 amide bonds. The first-order valence-electron chi connectivity index (χ1n) is 7.79. The average Bonchev–Trinajstić information content (AvgIpc) is 2.88. The van der Waals surface area contributed by atoms with E-state index in [4.69, 9.17) is 9.47 Å². The van der Waals surface area contributed by atoms with Crippen LogP contribution in [0.15, 0.2) is 11.6 Å². The Morgan fingerprint density at radius 1 is 1.04 bits per heavy atom. The lowest BCUT2D eigenvalue weighted by Gasteiger charge is -2.33. The number of rotatable bonds is 7. The smallest absolute Gasteiger partial charge is 0.346 e. The highest BCUT2D eigenvalue weighted by Gasteiger charge is 2.69. The molecule has 0 spiro atoms. The molecule has 1 aliphatic rings. The quantitative estimate of drug-likeness (QED) is 0.325.